The first-order chi connectivity index (χ1) is 8.94. The highest BCUT2D eigenvalue weighted by atomic mass is 79.9. The van der Waals surface area contributed by atoms with Gasteiger partial charge in [0, 0.05) is 17.1 Å². The van der Waals surface area contributed by atoms with E-state index in [0.29, 0.717) is 17.8 Å². The number of nitrogens with two attached hydrogens (primary N) is 1. The van der Waals surface area contributed by atoms with Gasteiger partial charge in [-0.15, -0.1) is 11.3 Å². The van der Waals surface area contributed by atoms with E-state index in [2.05, 4.69) is 20.7 Å². The lowest BCUT2D eigenvalue weighted by Crippen LogP contribution is -2.24. The molecule has 19 heavy (non-hydrogen) atoms. The Bertz CT molecular complexity index is 668. The standard InChI is InChI=1S/C12H13BrN2O2S2/c13-12-5-4-11(18-12)7-15-19(16,17)8-9-2-1-3-10(14)6-9/h1-6,15H,7-8,14H2. The summed E-state index contributed by atoms with van der Waals surface area (Å²) < 4.78 is 27.4. The second-order valence-corrected chi connectivity index (χ2v) is 8.39. The normalized spacial score (nSPS) is 11.6. The molecule has 0 saturated heterocycles. The molecular formula is C12H13BrN2O2S2. The van der Waals surface area contributed by atoms with Gasteiger partial charge in [-0.3, -0.25) is 0 Å². The van der Waals surface area contributed by atoms with Crippen molar-refractivity contribution in [2.24, 2.45) is 0 Å². The molecule has 4 nitrogen and oxygen atoms in total. The van der Waals surface area contributed by atoms with Crippen LogP contribution in [0.25, 0.3) is 0 Å². The van der Waals surface area contributed by atoms with Crippen LogP contribution in [0.4, 0.5) is 5.69 Å². The van der Waals surface area contributed by atoms with E-state index in [1.807, 2.05) is 12.1 Å². The molecule has 0 aliphatic heterocycles. The number of halogens is 1. The van der Waals surface area contributed by atoms with Crippen molar-refractivity contribution in [1.82, 2.24) is 4.72 Å². The highest BCUT2D eigenvalue weighted by Gasteiger charge is 2.12. The van der Waals surface area contributed by atoms with Crippen molar-refractivity contribution in [3.63, 3.8) is 0 Å². The highest BCUT2D eigenvalue weighted by molar-refractivity contribution is 9.11. The van der Waals surface area contributed by atoms with Crippen LogP contribution in [0.15, 0.2) is 40.2 Å². The number of benzene rings is 1. The summed E-state index contributed by atoms with van der Waals surface area (Å²) in [4.78, 5) is 0.961. The lowest BCUT2D eigenvalue weighted by molar-refractivity contribution is 0.581. The average molecular weight is 361 g/mol. The van der Waals surface area contributed by atoms with E-state index in [1.54, 1.807) is 24.3 Å². The number of nitrogen functional groups attached to an aromatic ring is 1. The molecule has 0 radical (unpaired) electrons. The summed E-state index contributed by atoms with van der Waals surface area (Å²) in [5, 5.41) is 0. The third kappa shape index (κ3) is 4.61. The Morgan fingerprint density at radius 1 is 1.26 bits per heavy atom. The molecule has 102 valence electrons. The van der Waals surface area contributed by atoms with E-state index in [4.69, 9.17) is 5.73 Å². The van der Waals surface area contributed by atoms with Gasteiger partial charge in [0.15, 0.2) is 0 Å². The largest absolute Gasteiger partial charge is 0.399 e. The Hall–Kier alpha value is -0.890. The smallest absolute Gasteiger partial charge is 0.216 e. The second-order valence-electron chi connectivity index (χ2n) is 4.03. The molecule has 0 amide bonds. The van der Waals surface area contributed by atoms with Gasteiger partial charge in [-0.05, 0) is 45.8 Å². The van der Waals surface area contributed by atoms with E-state index in [1.165, 1.54) is 11.3 Å². The molecule has 7 heteroatoms. The molecule has 1 heterocycles. The van der Waals surface area contributed by atoms with Gasteiger partial charge in [-0.1, -0.05) is 12.1 Å². The third-order valence-corrected chi connectivity index (χ3v) is 5.32. The minimum Gasteiger partial charge on any atom is -0.399 e. The van der Waals surface area contributed by atoms with Crippen LogP contribution in [0.2, 0.25) is 0 Å². The van der Waals surface area contributed by atoms with Gasteiger partial charge in [-0.2, -0.15) is 0 Å². The zero-order valence-electron chi connectivity index (χ0n) is 9.97. The Morgan fingerprint density at radius 2 is 2.05 bits per heavy atom. The topological polar surface area (TPSA) is 72.2 Å². The molecule has 0 aliphatic rings. The quantitative estimate of drug-likeness (QED) is 0.805. The lowest BCUT2D eigenvalue weighted by atomic mass is 10.2. The molecule has 0 atom stereocenters. The van der Waals surface area contributed by atoms with Crippen LogP contribution in [0.1, 0.15) is 10.4 Å². The lowest BCUT2D eigenvalue weighted by Gasteiger charge is -2.06. The summed E-state index contributed by atoms with van der Waals surface area (Å²) in [6, 6.07) is 10.7. The molecule has 3 N–H and O–H groups in total. The van der Waals surface area contributed by atoms with Crippen LogP contribution in [-0.4, -0.2) is 8.42 Å². The number of hydrogen-bond acceptors (Lipinski definition) is 4. The van der Waals surface area contributed by atoms with Crippen LogP contribution in [0.3, 0.4) is 0 Å². The van der Waals surface area contributed by atoms with E-state index in [0.717, 1.165) is 8.66 Å². The molecule has 2 aromatic rings. The second kappa shape index (κ2) is 6.04. The van der Waals surface area contributed by atoms with Crippen molar-refractivity contribution in [2.75, 3.05) is 5.73 Å². The first-order valence-corrected chi connectivity index (χ1v) is 8.77. The summed E-state index contributed by atoms with van der Waals surface area (Å²) in [6.07, 6.45) is 0. The number of thiophene rings is 1. The summed E-state index contributed by atoms with van der Waals surface area (Å²) in [5.74, 6) is -0.0649. The molecule has 2 rings (SSSR count). The van der Waals surface area contributed by atoms with Crippen LogP contribution in [0.5, 0.6) is 0 Å². The monoisotopic (exact) mass is 360 g/mol. The summed E-state index contributed by atoms with van der Waals surface area (Å²) in [6.45, 7) is 0.306. The third-order valence-electron chi connectivity index (χ3n) is 2.40. The first kappa shape index (κ1) is 14.5. The minimum absolute atomic E-state index is 0.0649. The average Bonchev–Trinajstić information content (AvgIpc) is 2.72. The van der Waals surface area contributed by atoms with Gasteiger partial charge in [0.25, 0.3) is 0 Å². The van der Waals surface area contributed by atoms with Crippen LogP contribution in [0, 0.1) is 0 Å². The Kier molecular flexibility index (Phi) is 4.62. The maximum Gasteiger partial charge on any atom is 0.216 e. The molecule has 0 saturated carbocycles. The van der Waals surface area contributed by atoms with Crippen LogP contribution >= 0.6 is 27.3 Å². The highest BCUT2D eigenvalue weighted by Crippen LogP contribution is 2.22. The molecular weight excluding hydrogens is 348 g/mol. The van der Waals surface area contributed by atoms with E-state index in [-0.39, 0.29) is 5.75 Å². The molecule has 0 spiro atoms. The number of sulfonamides is 1. The zero-order chi connectivity index (χ0) is 13.9. The van der Waals surface area contributed by atoms with Crippen molar-refractivity contribution in [3.8, 4) is 0 Å². The van der Waals surface area contributed by atoms with Crippen LogP contribution in [-0.2, 0) is 22.3 Å². The van der Waals surface area contributed by atoms with E-state index in [9.17, 15) is 8.42 Å². The summed E-state index contributed by atoms with van der Waals surface area (Å²) in [5.41, 5.74) is 6.87. The fourth-order valence-corrected chi connectivity index (χ4v) is 4.19. The van der Waals surface area contributed by atoms with Gasteiger partial charge in [0.05, 0.1) is 9.54 Å². The fraction of sp³-hybridized carbons (Fsp3) is 0.167. The van der Waals surface area contributed by atoms with Crippen molar-refractivity contribution in [1.29, 1.82) is 0 Å². The first-order valence-electron chi connectivity index (χ1n) is 5.50. The van der Waals surface area contributed by atoms with Gasteiger partial charge in [0.1, 0.15) is 0 Å². The molecule has 0 fully saturated rings. The Balaban J connectivity index is 1.99. The number of nitrogens with one attached hydrogen (secondary N) is 1. The Labute approximate surface area is 124 Å². The van der Waals surface area contributed by atoms with Gasteiger partial charge >= 0.3 is 0 Å². The van der Waals surface area contributed by atoms with E-state index >= 15 is 0 Å². The Morgan fingerprint density at radius 3 is 2.68 bits per heavy atom. The maximum atomic E-state index is 11.9. The number of hydrogen-bond donors (Lipinski definition) is 2. The molecule has 1 aromatic carbocycles. The van der Waals surface area contributed by atoms with E-state index < -0.39 is 10.0 Å². The molecule has 0 aliphatic carbocycles. The zero-order valence-corrected chi connectivity index (χ0v) is 13.2. The molecule has 0 bridgehead atoms. The van der Waals surface area contributed by atoms with Crippen molar-refractivity contribution < 1.29 is 8.42 Å². The predicted molar refractivity (Wildman–Crippen MR) is 82.3 cm³/mol. The summed E-state index contributed by atoms with van der Waals surface area (Å²) in [7, 11) is -3.35. The summed E-state index contributed by atoms with van der Waals surface area (Å²) >= 11 is 4.85. The van der Waals surface area contributed by atoms with Crippen molar-refractivity contribution in [3.05, 3.63) is 50.6 Å². The van der Waals surface area contributed by atoms with Crippen molar-refractivity contribution in [2.45, 2.75) is 12.3 Å². The number of anilines is 1. The SMILES string of the molecule is Nc1cccc(CS(=O)(=O)NCc2ccc(Br)s2)c1. The van der Waals surface area contributed by atoms with Crippen LogP contribution < -0.4 is 10.5 Å². The van der Waals surface area contributed by atoms with Gasteiger partial charge in [-0.25, -0.2) is 13.1 Å². The molecule has 1 aromatic heterocycles. The fourth-order valence-electron chi connectivity index (χ4n) is 1.58. The van der Waals surface area contributed by atoms with Crippen molar-refractivity contribution >= 4 is 43.0 Å². The van der Waals surface area contributed by atoms with Gasteiger partial charge < -0.3 is 5.73 Å². The van der Waals surface area contributed by atoms with Gasteiger partial charge in [0.2, 0.25) is 10.0 Å². The number of rotatable bonds is 5. The maximum absolute atomic E-state index is 11.9. The minimum atomic E-state index is -3.35. The predicted octanol–water partition coefficient (Wildman–Crippen LogP) is 2.71. The molecule has 0 unspecified atom stereocenters.